The van der Waals surface area contributed by atoms with Crippen molar-refractivity contribution in [2.45, 2.75) is 51.1 Å². The van der Waals surface area contributed by atoms with Crippen LogP contribution in [0.3, 0.4) is 0 Å². The average Bonchev–Trinajstić information content (AvgIpc) is 3.03. The van der Waals surface area contributed by atoms with Crippen LogP contribution in [-0.2, 0) is 32.6 Å². The zero-order valence-corrected chi connectivity index (χ0v) is 27.9. The molecule has 236 valence electrons. The van der Waals surface area contributed by atoms with E-state index in [1.807, 2.05) is 75.4 Å². The van der Waals surface area contributed by atoms with Gasteiger partial charge < -0.3 is 10.2 Å². The summed E-state index contributed by atoms with van der Waals surface area (Å²) >= 11 is 12.9. The van der Waals surface area contributed by atoms with E-state index < -0.39 is 28.5 Å². The van der Waals surface area contributed by atoms with E-state index in [9.17, 15) is 18.0 Å². The minimum absolute atomic E-state index is 0.0103. The molecule has 1 N–H and O–H groups in total. The molecule has 7 nitrogen and oxygen atoms in total. The van der Waals surface area contributed by atoms with Crippen LogP contribution in [0.4, 0.5) is 5.69 Å². The van der Waals surface area contributed by atoms with E-state index in [1.165, 1.54) is 29.2 Å². The maximum absolute atomic E-state index is 14.5. The van der Waals surface area contributed by atoms with E-state index in [-0.39, 0.29) is 39.5 Å². The number of hydrogen-bond acceptors (Lipinski definition) is 4. The SMILES string of the molecule is CCCNC(=O)[C@@H](Cc1ccccc1)N(Cc1ccccc1C)C(=O)CN(c1cc(Cl)ccc1Cl)S(=O)(=O)c1ccc(C)cc1. The third-order valence-corrected chi connectivity index (χ3v) is 9.82. The number of carbonyl (C=O) groups excluding carboxylic acids is 2. The molecular formula is C35H37Cl2N3O4S. The minimum Gasteiger partial charge on any atom is -0.354 e. The monoisotopic (exact) mass is 665 g/mol. The van der Waals surface area contributed by atoms with Crippen molar-refractivity contribution in [3.63, 3.8) is 0 Å². The van der Waals surface area contributed by atoms with Crippen LogP contribution in [0.25, 0.3) is 0 Å². The summed E-state index contributed by atoms with van der Waals surface area (Å²) in [4.78, 5) is 29.8. The summed E-state index contributed by atoms with van der Waals surface area (Å²) in [5, 5.41) is 3.31. The Hall–Kier alpha value is -3.85. The number of sulfonamides is 1. The van der Waals surface area contributed by atoms with Gasteiger partial charge in [-0.2, -0.15) is 0 Å². The van der Waals surface area contributed by atoms with Crippen LogP contribution >= 0.6 is 23.2 Å². The molecule has 4 aromatic rings. The molecule has 10 heteroatoms. The van der Waals surface area contributed by atoms with E-state index in [0.717, 1.165) is 26.6 Å². The molecule has 0 saturated heterocycles. The van der Waals surface area contributed by atoms with Gasteiger partial charge in [0.15, 0.2) is 0 Å². The second-order valence-electron chi connectivity index (χ2n) is 10.9. The number of rotatable bonds is 13. The maximum Gasteiger partial charge on any atom is 0.264 e. The zero-order chi connectivity index (χ0) is 32.6. The van der Waals surface area contributed by atoms with Crippen LogP contribution in [0.5, 0.6) is 0 Å². The molecule has 0 radical (unpaired) electrons. The summed E-state index contributed by atoms with van der Waals surface area (Å²) in [6.07, 6.45) is 0.946. The van der Waals surface area contributed by atoms with Crippen molar-refractivity contribution in [3.8, 4) is 0 Å². The molecule has 1 atom stereocenters. The Morgan fingerprint density at radius 2 is 1.53 bits per heavy atom. The molecule has 0 aromatic heterocycles. The minimum atomic E-state index is -4.30. The van der Waals surface area contributed by atoms with Crippen molar-refractivity contribution in [1.82, 2.24) is 10.2 Å². The van der Waals surface area contributed by atoms with Gasteiger partial charge in [-0.15, -0.1) is 0 Å². The van der Waals surface area contributed by atoms with E-state index in [2.05, 4.69) is 5.32 Å². The van der Waals surface area contributed by atoms with Crippen molar-refractivity contribution in [2.24, 2.45) is 0 Å². The van der Waals surface area contributed by atoms with Gasteiger partial charge in [0, 0.05) is 24.5 Å². The van der Waals surface area contributed by atoms with Gasteiger partial charge in [-0.3, -0.25) is 13.9 Å². The summed E-state index contributed by atoms with van der Waals surface area (Å²) in [7, 11) is -4.30. The van der Waals surface area contributed by atoms with Crippen LogP contribution in [0.2, 0.25) is 10.0 Å². The van der Waals surface area contributed by atoms with E-state index in [0.29, 0.717) is 13.0 Å². The number of nitrogens with one attached hydrogen (secondary N) is 1. The highest BCUT2D eigenvalue weighted by Crippen LogP contribution is 2.33. The van der Waals surface area contributed by atoms with E-state index in [1.54, 1.807) is 18.2 Å². The Kier molecular flexibility index (Phi) is 11.7. The number of carbonyl (C=O) groups is 2. The lowest BCUT2D eigenvalue weighted by molar-refractivity contribution is -0.140. The molecule has 0 spiro atoms. The number of benzene rings is 4. The standard InChI is InChI=1S/C35H37Cl2N3O4S/c1-4-20-38-35(42)33(21-27-11-6-5-7-12-27)39(23-28-13-9-8-10-26(28)3)34(41)24-40(32-22-29(36)16-19-31(32)37)45(43,44)30-17-14-25(2)15-18-30/h5-19,22,33H,4,20-21,23-24H2,1-3H3,(H,38,42)/t33-/m1/s1. The van der Waals surface area contributed by atoms with Crippen molar-refractivity contribution in [2.75, 3.05) is 17.4 Å². The van der Waals surface area contributed by atoms with Gasteiger partial charge in [0.05, 0.1) is 15.6 Å². The fraction of sp³-hybridized carbons (Fsp3) is 0.257. The first-order valence-corrected chi connectivity index (χ1v) is 16.9. The summed E-state index contributed by atoms with van der Waals surface area (Å²) in [6, 6.07) is 26.9. The molecule has 45 heavy (non-hydrogen) atoms. The number of nitrogens with zero attached hydrogens (tertiary/aromatic N) is 2. The Bertz CT molecular complexity index is 1730. The van der Waals surface area contributed by atoms with Crippen LogP contribution in [-0.4, -0.2) is 44.3 Å². The highest BCUT2D eigenvalue weighted by Gasteiger charge is 2.35. The van der Waals surface area contributed by atoms with Gasteiger partial charge >= 0.3 is 0 Å². The van der Waals surface area contributed by atoms with Crippen molar-refractivity contribution in [3.05, 3.63) is 129 Å². The second-order valence-corrected chi connectivity index (χ2v) is 13.6. The van der Waals surface area contributed by atoms with Gasteiger partial charge in [0.2, 0.25) is 11.8 Å². The lowest BCUT2D eigenvalue weighted by atomic mass is 10.0. The summed E-state index contributed by atoms with van der Waals surface area (Å²) in [6.45, 7) is 5.64. The van der Waals surface area contributed by atoms with Crippen LogP contribution in [0, 0.1) is 13.8 Å². The highest BCUT2D eigenvalue weighted by molar-refractivity contribution is 7.92. The second kappa shape index (κ2) is 15.4. The fourth-order valence-electron chi connectivity index (χ4n) is 4.92. The smallest absolute Gasteiger partial charge is 0.264 e. The topological polar surface area (TPSA) is 86.8 Å². The predicted molar refractivity (Wildman–Crippen MR) is 181 cm³/mol. The van der Waals surface area contributed by atoms with Gasteiger partial charge in [-0.05, 0) is 67.3 Å². The largest absolute Gasteiger partial charge is 0.354 e. The first-order chi connectivity index (χ1) is 21.5. The first kappa shape index (κ1) is 34.0. The first-order valence-electron chi connectivity index (χ1n) is 14.7. The van der Waals surface area contributed by atoms with Crippen molar-refractivity contribution >= 4 is 50.7 Å². The molecule has 0 aliphatic rings. The summed E-state index contributed by atoms with van der Waals surface area (Å²) < 4.78 is 29.4. The predicted octanol–water partition coefficient (Wildman–Crippen LogP) is 6.97. The maximum atomic E-state index is 14.5. The molecule has 0 bridgehead atoms. The van der Waals surface area contributed by atoms with Crippen LogP contribution < -0.4 is 9.62 Å². The van der Waals surface area contributed by atoms with Gasteiger partial charge in [0.25, 0.3) is 10.0 Å². The molecular weight excluding hydrogens is 629 g/mol. The number of amides is 2. The molecule has 2 amide bonds. The Labute approximate surface area is 275 Å². The van der Waals surface area contributed by atoms with Gasteiger partial charge in [-0.1, -0.05) is 102 Å². The Morgan fingerprint density at radius 3 is 2.20 bits per heavy atom. The number of anilines is 1. The zero-order valence-electron chi connectivity index (χ0n) is 25.5. The molecule has 0 unspecified atom stereocenters. The molecule has 4 rings (SSSR count). The molecule has 0 heterocycles. The van der Waals surface area contributed by atoms with E-state index in [4.69, 9.17) is 23.2 Å². The number of hydrogen-bond donors (Lipinski definition) is 1. The third-order valence-electron chi connectivity index (χ3n) is 7.49. The number of aryl methyl sites for hydroxylation is 2. The van der Waals surface area contributed by atoms with Gasteiger partial charge in [-0.25, -0.2) is 8.42 Å². The lowest BCUT2D eigenvalue weighted by Gasteiger charge is -2.34. The third kappa shape index (κ3) is 8.66. The lowest BCUT2D eigenvalue weighted by Crippen LogP contribution is -2.53. The summed E-state index contributed by atoms with van der Waals surface area (Å²) in [5.74, 6) is -0.895. The molecule has 0 aliphatic heterocycles. The molecule has 0 aliphatic carbocycles. The normalized spacial score (nSPS) is 11.9. The van der Waals surface area contributed by atoms with Crippen LogP contribution in [0.1, 0.15) is 35.6 Å². The number of halogens is 2. The molecule has 0 saturated carbocycles. The van der Waals surface area contributed by atoms with Crippen molar-refractivity contribution in [1.29, 1.82) is 0 Å². The quantitative estimate of drug-likeness (QED) is 0.167. The van der Waals surface area contributed by atoms with E-state index >= 15 is 0 Å². The van der Waals surface area contributed by atoms with Crippen LogP contribution in [0.15, 0.2) is 102 Å². The summed E-state index contributed by atoms with van der Waals surface area (Å²) in [5.41, 5.74) is 3.57. The Balaban J connectivity index is 1.83. The molecule has 0 fully saturated rings. The average molecular weight is 667 g/mol. The van der Waals surface area contributed by atoms with Crippen molar-refractivity contribution < 1.29 is 18.0 Å². The molecule has 4 aromatic carbocycles. The Morgan fingerprint density at radius 1 is 0.867 bits per heavy atom. The highest BCUT2D eigenvalue weighted by atomic mass is 35.5. The fourth-order valence-corrected chi connectivity index (χ4v) is 6.78. The van der Waals surface area contributed by atoms with Gasteiger partial charge in [0.1, 0.15) is 12.6 Å².